The fourth-order valence-corrected chi connectivity index (χ4v) is 4.51. The molecule has 0 spiro atoms. The molecule has 35 heavy (non-hydrogen) atoms. The predicted molar refractivity (Wildman–Crippen MR) is 125 cm³/mol. The van der Waals surface area contributed by atoms with E-state index in [0.29, 0.717) is 0 Å². The molecule has 0 unspecified atom stereocenters. The van der Waals surface area contributed by atoms with E-state index in [2.05, 4.69) is 10.3 Å². The Hall–Kier alpha value is -3.82. The second kappa shape index (κ2) is 9.44. The third kappa shape index (κ3) is 4.87. The van der Waals surface area contributed by atoms with E-state index in [1.807, 2.05) is 60.7 Å². The zero-order valence-corrected chi connectivity index (χ0v) is 19.2. The van der Waals surface area contributed by atoms with E-state index in [-0.39, 0.29) is 18.3 Å². The summed E-state index contributed by atoms with van der Waals surface area (Å²) in [5.41, 5.74) is 0.159. The molecule has 7 nitrogen and oxygen atoms in total. The van der Waals surface area contributed by atoms with Gasteiger partial charge in [-0.3, -0.25) is 14.2 Å². The van der Waals surface area contributed by atoms with Crippen LogP contribution in [0.3, 0.4) is 0 Å². The summed E-state index contributed by atoms with van der Waals surface area (Å²) in [6.07, 6.45) is -4.59. The maximum Gasteiger partial charge on any atom is 0.405 e. The number of aromatic hydroxyl groups is 1. The predicted octanol–water partition coefficient (Wildman–Crippen LogP) is 4.16. The zero-order valence-electron chi connectivity index (χ0n) is 19.2. The van der Waals surface area contributed by atoms with Gasteiger partial charge in [0.2, 0.25) is 11.7 Å². The van der Waals surface area contributed by atoms with Crippen LogP contribution in [0.5, 0.6) is 5.75 Å². The van der Waals surface area contributed by atoms with Crippen molar-refractivity contribution in [1.82, 2.24) is 14.5 Å². The van der Waals surface area contributed by atoms with Crippen molar-refractivity contribution >= 4 is 11.9 Å². The van der Waals surface area contributed by atoms with E-state index in [1.54, 1.807) is 13.8 Å². The molecule has 2 N–H and O–H groups in total. The molecule has 1 amide bonds. The minimum absolute atomic E-state index is 0.128. The highest BCUT2D eigenvalue weighted by atomic mass is 19.4. The number of benzene rings is 2. The Bertz CT molecular complexity index is 1220. The number of carbonyl (C=O) groups excluding carboxylic acids is 1. The molecule has 1 atom stereocenters. The number of rotatable bonds is 6. The second-order valence-corrected chi connectivity index (χ2v) is 8.69. The average molecular weight is 486 g/mol. The Labute approximate surface area is 199 Å². The van der Waals surface area contributed by atoms with Crippen molar-refractivity contribution in [3.63, 3.8) is 0 Å². The lowest BCUT2D eigenvalue weighted by Gasteiger charge is -2.42. The largest absolute Gasteiger partial charge is 0.501 e. The summed E-state index contributed by atoms with van der Waals surface area (Å²) in [5.74, 6) is -2.38. The van der Waals surface area contributed by atoms with Crippen LogP contribution in [0, 0.1) is 0 Å². The number of nitrogens with zero attached hydrogens (tertiary/aromatic N) is 3. The molecule has 0 fully saturated rings. The molecule has 1 aliphatic rings. The number of anilines is 1. The van der Waals surface area contributed by atoms with Crippen LogP contribution in [-0.2, 0) is 0 Å². The first-order chi connectivity index (χ1) is 16.6. The number of halogens is 3. The summed E-state index contributed by atoms with van der Waals surface area (Å²) >= 11 is 0. The minimum atomic E-state index is -4.59. The normalized spacial score (nSPS) is 16.0. The van der Waals surface area contributed by atoms with Crippen LogP contribution < -0.4 is 10.9 Å². The molecule has 0 saturated carbocycles. The highest BCUT2D eigenvalue weighted by Gasteiger charge is 2.42. The fraction of sp³-hybridized carbons (Fsp3) is 0.320. The van der Waals surface area contributed by atoms with Gasteiger partial charge in [0.25, 0.3) is 5.91 Å². The number of nitrogens with one attached hydrogen (secondary N) is 1. The molecule has 0 bridgehead atoms. The van der Waals surface area contributed by atoms with Gasteiger partial charge in [0.1, 0.15) is 6.54 Å². The Morgan fingerprint density at radius 1 is 1.03 bits per heavy atom. The number of carbonyl (C=O) groups is 1. The molecule has 0 radical (unpaired) electrons. The number of alkyl halides is 3. The number of hydrogen-bond acceptors (Lipinski definition) is 5. The Morgan fingerprint density at radius 3 is 2.06 bits per heavy atom. The van der Waals surface area contributed by atoms with Crippen LogP contribution in [0.15, 0.2) is 65.5 Å². The van der Waals surface area contributed by atoms with E-state index in [0.717, 1.165) is 11.1 Å². The first kappa shape index (κ1) is 24.3. The van der Waals surface area contributed by atoms with Crippen LogP contribution in [-0.4, -0.2) is 50.8 Å². The molecule has 2 aromatic carbocycles. The minimum Gasteiger partial charge on any atom is -0.501 e. The Kier molecular flexibility index (Phi) is 6.56. The van der Waals surface area contributed by atoms with Crippen molar-refractivity contribution in [3.05, 3.63) is 87.8 Å². The van der Waals surface area contributed by atoms with Gasteiger partial charge in [-0.1, -0.05) is 60.7 Å². The maximum absolute atomic E-state index is 13.4. The van der Waals surface area contributed by atoms with E-state index in [1.165, 1.54) is 9.47 Å². The summed E-state index contributed by atoms with van der Waals surface area (Å²) in [4.78, 5) is 31.0. The number of fused-ring (bicyclic) bond motifs is 1. The van der Waals surface area contributed by atoms with Gasteiger partial charge in [-0.05, 0) is 25.0 Å². The monoisotopic (exact) mass is 486 g/mol. The van der Waals surface area contributed by atoms with E-state index < -0.39 is 47.8 Å². The molecule has 10 heteroatoms. The quantitative estimate of drug-likeness (QED) is 0.547. The summed E-state index contributed by atoms with van der Waals surface area (Å²) in [5, 5.41) is 12.8. The molecule has 1 aromatic heterocycles. The molecule has 0 saturated heterocycles. The van der Waals surface area contributed by atoms with Crippen molar-refractivity contribution in [2.24, 2.45) is 0 Å². The second-order valence-electron chi connectivity index (χ2n) is 8.69. The molecular weight excluding hydrogens is 461 g/mol. The van der Waals surface area contributed by atoms with Gasteiger partial charge >= 0.3 is 11.7 Å². The topological polar surface area (TPSA) is 87.5 Å². The zero-order chi connectivity index (χ0) is 25.3. The summed E-state index contributed by atoms with van der Waals surface area (Å²) in [6.45, 7) is 2.26. The Morgan fingerprint density at radius 2 is 1.57 bits per heavy atom. The number of aromatic nitrogens is 2. The number of hydrogen-bond donors (Lipinski definition) is 2. The van der Waals surface area contributed by atoms with Crippen LogP contribution in [0.1, 0.15) is 47.4 Å². The van der Waals surface area contributed by atoms with Crippen LogP contribution >= 0.6 is 0 Å². The lowest BCUT2D eigenvalue weighted by Crippen LogP contribution is -2.50. The lowest BCUT2D eigenvalue weighted by molar-refractivity contribution is -0.115. The Balaban J connectivity index is 2.00. The summed E-state index contributed by atoms with van der Waals surface area (Å²) in [6, 6.07) is 17.7. The van der Waals surface area contributed by atoms with E-state index in [4.69, 9.17) is 0 Å². The number of amides is 1. The standard InChI is InChI=1S/C25H25F3N4O3/c1-15(2)31-13-18(19(16-9-5-3-6-10-16)17-11-7-4-8-12-17)32-20(23(31)35)21(33)22(34)30-24(32)29-14-25(26,27)28/h3-12,15,18-19,33H,13-14H2,1-2H3,(H,29,30,34)/t18-/m1/s1. The van der Waals surface area contributed by atoms with Gasteiger partial charge in [0.05, 0.1) is 6.04 Å². The van der Waals surface area contributed by atoms with Gasteiger partial charge < -0.3 is 15.3 Å². The molecule has 1 aliphatic heterocycles. The highest BCUT2D eigenvalue weighted by molar-refractivity contribution is 5.96. The van der Waals surface area contributed by atoms with Gasteiger partial charge in [-0.25, -0.2) is 0 Å². The van der Waals surface area contributed by atoms with E-state index >= 15 is 0 Å². The molecule has 2 heterocycles. The van der Waals surface area contributed by atoms with Crippen molar-refractivity contribution in [3.8, 4) is 5.75 Å². The van der Waals surface area contributed by atoms with Crippen molar-refractivity contribution in [1.29, 1.82) is 0 Å². The van der Waals surface area contributed by atoms with Crippen LogP contribution in [0.2, 0.25) is 0 Å². The molecule has 3 aromatic rings. The highest BCUT2D eigenvalue weighted by Crippen LogP contribution is 2.41. The van der Waals surface area contributed by atoms with Gasteiger partial charge in [0.15, 0.2) is 5.69 Å². The van der Waals surface area contributed by atoms with Gasteiger partial charge in [-0.15, -0.1) is 0 Å². The summed E-state index contributed by atoms with van der Waals surface area (Å²) in [7, 11) is 0. The van der Waals surface area contributed by atoms with E-state index in [9.17, 15) is 27.9 Å². The van der Waals surface area contributed by atoms with Crippen LogP contribution in [0.4, 0.5) is 19.1 Å². The first-order valence-corrected chi connectivity index (χ1v) is 11.2. The third-order valence-electron chi connectivity index (χ3n) is 6.05. The van der Waals surface area contributed by atoms with Crippen molar-refractivity contribution in [2.75, 3.05) is 18.4 Å². The smallest absolute Gasteiger partial charge is 0.405 e. The summed E-state index contributed by atoms with van der Waals surface area (Å²) < 4.78 is 40.5. The SMILES string of the molecule is CC(C)N1C[C@H](C(c2ccccc2)c2ccccc2)n2c(NCC(F)(F)F)nc(=O)c(O)c2C1=O. The van der Waals surface area contributed by atoms with Gasteiger partial charge in [0, 0.05) is 18.5 Å². The molecule has 0 aliphatic carbocycles. The van der Waals surface area contributed by atoms with Gasteiger partial charge in [-0.2, -0.15) is 18.2 Å². The first-order valence-electron chi connectivity index (χ1n) is 11.2. The third-order valence-corrected chi connectivity index (χ3v) is 6.05. The lowest BCUT2D eigenvalue weighted by atomic mass is 9.83. The molecule has 184 valence electrons. The van der Waals surface area contributed by atoms with Crippen molar-refractivity contribution < 1.29 is 23.1 Å². The molecular formula is C25H25F3N4O3. The fourth-order valence-electron chi connectivity index (χ4n) is 4.51. The average Bonchev–Trinajstić information content (AvgIpc) is 2.82. The maximum atomic E-state index is 13.4. The van der Waals surface area contributed by atoms with Crippen LogP contribution in [0.25, 0.3) is 0 Å². The van der Waals surface area contributed by atoms with Crippen molar-refractivity contribution in [2.45, 2.75) is 38.0 Å². The molecule has 4 rings (SSSR count).